The summed E-state index contributed by atoms with van der Waals surface area (Å²) in [6.45, 7) is 3.90. The van der Waals surface area contributed by atoms with Gasteiger partial charge in [0.2, 0.25) is 0 Å². The number of H-pyrrole nitrogens is 1. The lowest BCUT2D eigenvalue weighted by molar-refractivity contribution is -0.0561. The van der Waals surface area contributed by atoms with E-state index in [1.54, 1.807) is 0 Å². The van der Waals surface area contributed by atoms with Crippen LogP contribution in [0.3, 0.4) is 0 Å². The Hall–Kier alpha value is -1.69. The molecule has 23 heavy (non-hydrogen) atoms. The second kappa shape index (κ2) is 5.74. The number of para-hydroxylation sites is 1. The molecule has 4 rings (SSSR count). The normalized spacial score (nSPS) is 28.1. The third-order valence-electron chi connectivity index (χ3n) is 5.42. The Morgan fingerprint density at radius 2 is 2.26 bits per heavy atom. The molecule has 5 heteroatoms. The number of aromatic nitrogens is 1. The van der Waals surface area contributed by atoms with Gasteiger partial charge in [0.25, 0.3) is 5.56 Å². The molecule has 0 saturated carbocycles. The highest BCUT2D eigenvalue weighted by molar-refractivity contribution is 5.78. The highest BCUT2D eigenvalue weighted by Gasteiger charge is 2.48. The lowest BCUT2D eigenvalue weighted by Gasteiger charge is -2.36. The Morgan fingerprint density at radius 3 is 3.09 bits per heavy atom. The largest absolute Gasteiger partial charge is 0.396 e. The highest BCUT2D eigenvalue weighted by atomic mass is 16.5. The van der Waals surface area contributed by atoms with Crippen molar-refractivity contribution >= 4 is 10.9 Å². The first-order valence-corrected chi connectivity index (χ1v) is 8.22. The topological polar surface area (TPSA) is 65.6 Å². The van der Waals surface area contributed by atoms with E-state index >= 15 is 0 Å². The van der Waals surface area contributed by atoms with Gasteiger partial charge in [-0.25, -0.2) is 0 Å². The number of aromatic amines is 1. The number of aliphatic hydroxyl groups excluding tert-OH is 1. The number of rotatable bonds is 3. The maximum atomic E-state index is 12.3. The molecular weight excluding hydrogens is 292 g/mol. The molecule has 0 amide bonds. The van der Waals surface area contributed by atoms with Crippen LogP contribution in [-0.4, -0.2) is 47.9 Å². The molecule has 122 valence electrons. The minimum atomic E-state index is -0.151. The Labute approximate surface area is 134 Å². The number of fused-ring (bicyclic) bond motifs is 2. The summed E-state index contributed by atoms with van der Waals surface area (Å²) in [6, 6.07) is 9.82. The van der Waals surface area contributed by atoms with Crippen molar-refractivity contribution in [3.8, 4) is 0 Å². The molecule has 0 radical (unpaired) electrons. The molecule has 2 aliphatic rings. The Morgan fingerprint density at radius 1 is 1.39 bits per heavy atom. The van der Waals surface area contributed by atoms with E-state index in [1.807, 2.05) is 30.3 Å². The van der Waals surface area contributed by atoms with E-state index in [9.17, 15) is 9.90 Å². The van der Waals surface area contributed by atoms with Crippen molar-refractivity contribution in [1.29, 1.82) is 0 Å². The molecule has 2 atom stereocenters. The van der Waals surface area contributed by atoms with Crippen LogP contribution in [0.25, 0.3) is 10.9 Å². The number of likely N-dealkylation sites (tertiary alicyclic amines) is 1. The number of aliphatic hydroxyl groups is 1. The van der Waals surface area contributed by atoms with E-state index in [1.165, 1.54) is 0 Å². The van der Waals surface area contributed by atoms with Gasteiger partial charge in [0, 0.05) is 42.7 Å². The quantitative estimate of drug-likeness (QED) is 0.898. The fraction of sp³-hybridized carbons (Fsp3) is 0.500. The fourth-order valence-electron chi connectivity index (χ4n) is 4.10. The zero-order valence-corrected chi connectivity index (χ0v) is 13.1. The van der Waals surface area contributed by atoms with Crippen molar-refractivity contribution in [3.05, 3.63) is 46.2 Å². The number of hydrogen-bond donors (Lipinski definition) is 2. The van der Waals surface area contributed by atoms with Gasteiger partial charge in [0.05, 0.1) is 13.2 Å². The minimum absolute atomic E-state index is 0.0205. The van der Waals surface area contributed by atoms with Gasteiger partial charge in [-0.3, -0.25) is 9.69 Å². The summed E-state index contributed by atoms with van der Waals surface area (Å²) in [5, 5.41) is 10.9. The van der Waals surface area contributed by atoms with Crippen LogP contribution < -0.4 is 5.56 Å². The Kier molecular flexibility index (Phi) is 3.71. The van der Waals surface area contributed by atoms with Crippen molar-refractivity contribution in [2.75, 3.05) is 32.9 Å². The van der Waals surface area contributed by atoms with Crippen molar-refractivity contribution in [2.45, 2.75) is 13.0 Å². The molecule has 0 spiro atoms. The van der Waals surface area contributed by atoms with E-state index in [0.717, 1.165) is 42.6 Å². The first-order chi connectivity index (χ1) is 11.2. The summed E-state index contributed by atoms with van der Waals surface area (Å²) >= 11 is 0. The molecule has 2 aliphatic heterocycles. The van der Waals surface area contributed by atoms with E-state index < -0.39 is 0 Å². The van der Waals surface area contributed by atoms with Gasteiger partial charge in [0.15, 0.2) is 0 Å². The Bertz CT molecular complexity index is 772. The summed E-state index contributed by atoms with van der Waals surface area (Å²) < 4.78 is 5.60. The lowest BCUT2D eigenvalue weighted by atomic mass is 9.76. The Balaban J connectivity index is 1.59. The summed E-state index contributed by atoms with van der Waals surface area (Å²) in [5.74, 6) is 0.459. The number of hydrogen-bond acceptors (Lipinski definition) is 4. The number of nitrogens with one attached hydrogen (secondary N) is 1. The van der Waals surface area contributed by atoms with Crippen molar-refractivity contribution < 1.29 is 9.84 Å². The molecule has 0 aliphatic carbocycles. The van der Waals surface area contributed by atoms with Gasteiger partial charge in [-0.1, -0.05) is 18.2 Å². The molecule has 3 heterocycles. The molecule has 2 aromatic rings. The highest BCUT2D eigenvalue weighted by Crippen LogP contribution is 2.41. The van der Waals surface area contributed by atoms with Crippen LogP contribution in [0.1, 0.15) is 12.0 Å². The monoisotopic (exact) mass is 314 g/mol. The van der Waals surface area contributed by atoms with Gasteiger partial charge < -0.3 is 14.8 Å². The number of benzene rings is 1. The zero-order valence-electron chi connectivity index (χ0n) is 13.1. The van der Waals surface area contributed by atoms with Crippen LogP contribution in [0.15, 0.2) is 35.1 Å². The van der Waals surface area contributed by atoms with E-state index in [2.05, 4.69) is 9.88 Å². The molecule has 0 unspecified atom stereocenters. The predicted molar refractivity (Wildman–Crippen MR) is 88.3 cm³/mol. The van der Waals surface area contributed by atoms with Gasteiger partial charge in [0.1, 0.15) is 0 Å². The average molecular weight is 314 g/mol. The van der Waals surface area contributed by atoms with Crippen LogP contribution in [0, 0.1) is 11.3 Å². The predicted octanol–water partition coefficient (Wildman–Crippen LogP) is 1.36. The van der Waals surface area contributed by atoms with E-state index in [0.29, 0.717) is 19.1 Å². The second-order valence-corrected chi connectivity index (χ2v) is 6.94. The lowest BCUT2D eigenvalue weighted by Crippen LogP contribution is -2.42. The standard InChI is InChI=1S/C18H22N2O3/c21-11-18-10-20(9-15(18)5-6-23-12-18)8-14-7-13-3-1-2-4-16(13)19-17(14)22/h1-4,7,15,21H,5-6,8-12H2,(H,19,22)/t15-,18+/m0/s1. The van der Waals surface area contributed by atoms with Crippen LogP contribution in [0.5, 0.6) is 0 Å². The fourth-order valence-corrected chi connectivity index (χ4v) is 4.10. The minimum Gasteiger partial charge on any atom is -0.396 e. The SMILES string of the molecule is O=c1[nH]c2ccccc2cc1CN1C[C@@H]2CCOC[C@]2(CO)C1. The van der Waals surface area contributed by atoms with Crippen LogP contribution in [0.2, 0.25) is 0 Å². The maximum absolute atomic E-state index is 12.3. The first kappa shape index (κ1) is 14.9. The number of pyridine rings is 1. The van der Waals surface area contributed by atoms with Crippen molar-refractivity contribution in [1.82, 2.24) is 9.88 Å². The molecule has 5 nitrogen and oxygen atoms in total. The van der Waals surface area contributed by atoms with E-state index in [-0.39, 0.29) is 17.6 Å². The second-order valence-electron chi connectivity index (χ2n) is 6.94. The van der Waals surface area contributed by atoms with Gasteiger partial charge in [-0.15, -0.1) is 0 Å². The van der Waals surface area contributed by atoms with Crippen LogP contribution in [0.4, 0.5) is 0 Å². The third kappa shape index (κ3) is 2.59. The van der Waals surface area contributed by atoms with Gasteiger partial charge in [-0.2, -0.15) is 0 Å². The maximum Gasteiger partial charge on any atom is 0.252 e. The molecule has 2 fully saturated rings. The van der Waals surface area contributed by atoms with Crippen LogP contribution >= 0.6 is 0 Å². The van der Waals surface area contributed by atoms with Gasteiger partial charge in [-0.05, 0) is 29.9 Å². The summed E-state index contributed by atoms with van der Waals surface area (Å²) in [6.07, 6.45) is 0.991. The van der Waals surface area contributed by atoms with Crippen molar-refractivity contribution in [2.24, 2.45) is 11.3 Å². The summed E-state index contributed by atoms with van der Waals surface area (Å²) in [7, 11) is 0. The molecular formula is C18H22N2O3. The summed E-state index contributed by atoms with van der Waals surface area (Å²) in [4.78, 5) is 17.6. The van der Waals surface area contributed by atoms with Gasteiger partial charge >= 0.3 is 0 Å². The molecule has 1 aromatic heterocycles. The summed E-state index contributed by atoms with van der Waals surface area (Å²) in [5.41, 5.74) is 1.49. The molecule has 0 bridgehead atoms. The van der Waals surface area contributed by atoms with E-state index in [4.69, 9.17) is 4.74 Å². The third-order valence-corrected chi connectivity index (χ3v) is 5.42. The van der Waals surface area contributed by atoms with Crippen molar-refractivity contribution in [3.63, 3.8) is 0 Å². The molecule has 2 N–H and O–H groups in total. The number of ether oxygens (including phenoxy) is 1. The molecule has 2 saturated heterocycles. The smallest absolute Gasteiger partial charge is 0.252 e. The first-order valence-electron chi connectivity index (χ1n) is 8.22. The average Bonchev–Trinajstić information content (AvgIpc) is 2.94. The number of nitrogens with zero attached hydrogens (tertiary/aromatic N) is 1. The van der Waals surface area contributed by atoms with Crippen LogP contribution in [-0.2, 0) is 11.3 Å². The molecule has 1 aromatic carbocycles. The zero-order chi connectivity index (χ0) is 15.9.